The zero-order valence-corrected chi connectivity index (χ0v) is 10.7. The van der Waals surface area contributed by atoms with Gasteiger partial charge in [-0.05, 0) is 30.9 Å². The average molecular weight is 229 g/mol. The lowest BCUT2D eigenvalue weighted by Gasteiger charge is -2.11. The molecule has 0 aliphatic rings. The summed E-state index contributed by atoms with van der Waals surface area (Å²) in [5, 5.41) is 13.2. The second-order valence-corrected chi connectivity index (χ2v) is 5.23. The van der Waals surface area contributed by atoms with Gasteiger partial charge in [-0.3, -0.25) is 0 Å². The quantitative estimate of drug-likeness (QED) is 0.684. The minimum Gasteiger partial charge on any atom is -0.308 e. The summed E-state index contributed by atoms with van der Waals surface area (Å²) in [5.41, 5.74) is 0. The molecule has 0 unspecified atom stereocenters. The first-order chi connectivity index (χ1) is 7.13. The predicted octanol–water partition coefficient (Wildman–Crippen LogP) is 1.13. The Bertz CT molecular complexity index is 286. The third-order valence-corrected chi connectivity index (χ3v) is 3.38. The zero-order chi connectivity index (χ0) is 11.3. The predicted molar refractivity (Wildman–Crippen MR) is 62.0 cm³/mol. The van der Waals surface area contributed by atoms with Gasteiger partial charge in [0.2, 0.25) is 5.16 Å². The molecule has 0 spiro atoms. The van der Waals surface area contributed by atoms with Crippen LogP contribution in [0.25, 0.3) is 0 Å². The van der Waals surface area contributed by atoms with Gasteiger partial charge in [0.05, 0.1) is 6.54 Å². The Morgan fingerprint density at radius 2 is 2.20 bits per heavy atom. The first kappa shape index (κ1) is 12.4. The number of tetrazole rings is 1. The largest absolute Gasteiger partial charge is 0.308 e. The van der Waals surface area contributed by atoms with E-state index in [1.165, 1.54) is 0 Å². The van der Waals surface area contributed by atoms with Crippen LogP contribution in [0.5, 0.6) is 0 Å². The summed E-state index contributed by atoms with van der Waals surface area (Å²) in [7, 11) is 4.09. The molecule has 1 heterocycles. The number of nitrogens with zero attached hydrogens (tertiary/aromatic N) is 5. The number of aromatic nitrogens is 4. The van der Waals surface area contributed by atoms with Crippen molar-refractivity contribution in [3.05, 3.63) is 0 Å². The summed E-state index contributed by atoms with van der Waals surface area (Å²) in [6.07, 6.45) is 1.13. The van der Waals surface area contributed by atoms with Gasteiger partial charge in [-0.15, -0.1) is 5.10 Å². The van der Waals surface area contributed by atoms with Gasteiger partial charge in [0.1, 0.15) is 0 Å². The van der Waals surface area contributed by atoms with Crippen LogP contribution in [0.1, 0.15) is 20.3 Å². The van der Waals surface area contributed by atoms with Crippen LogP contribution >= 0.6 is 11.8 Å². The fraction of sp³-hybridized carbons (Fsp3) is 0.889. The van der Waals surface area contributed by atoms with Gasteiger partial charge in [0.25, 0.3) is 0 Å². The fourth-order valence-electron chi connectivity index (χ4n) is 0.979. The Morgan fingerprint density at radius 1 is 1.47 bits per heavy atom. The van der Waals surface area contributed by atoms with Crippen molar-refractivity contribution in [2.45, 2.75) is 37.2 Å². The van der Waals surface area contributed by atoms with Crippen molar-refractivity contribution >= 4 is 11.8 Å². The Labute approximate surface area is 95.2 Å². The molecule has 0 fully saturated rings. The Morgan fingerprint density at radius 3 is 2.80 bits per heavy atom. The molecule has 0 bridgehead atoms. The summed E-state index contributed by atoms with van der Waals surface area (Å²) < 4.78 is 1.87. The smallest absolute Gasteiger partial charge is 0.209 e. The van der Waals surface area contributed by atoms with E-state index >= 15 is 0 Å². The summed E-state index contributed by atoms with van der Waals surface area (Å²) in [6.45, 7) is 6.17. The highest BCUT2D eigenvalue weighted by Crippen LogP contribution is 2.21. The molecule has 0 aliphatic heterocycles. The average Bonchev–Trinajstić information content (AvgIpc) is 2.62. The molecular weight excluding hydrogens is 210 g/mol. The number of likely N-dealkylation sites (N-methyl/N-ethyl adjacent to an activating group) is 1. The van der Waals surface area contributed by atoms with Crippen molar-refractivity contribution in [3.8, 4) is 0 Å². The molecule has 0 radical (unpaired) electrons. The van der Waals surface area contributed by atoms with E-state index in [0.29, 0.717) is 5.25 Å². The number of rotatable bonds is 6. The van der Waals surface area contributed by atoms with Crippen LogP contribution in [-0.4, -0.2) is 51.0 Å². The van der Waals surface area contributed by atoms with Crippen molar-refractivity contribution in [3.63, 3.8) is 0 Å². The highest BCUT2D eigenvalue weighted by Gasteiger charge is 2.10. The Hall–Kier alpha value is -0.620. The molecular formula is C9H19N5S. The van der Waals surface area contributed by atoms with E-state index in [4.69, 9.17) is 0 Å². The van der Waals surface area contributed by atoms with Gasteiger partial charge in [-0.1, -0.05) is 25.6 Å². The first-order valence-electron chi connectivity index (χ1n) is 5.21. The number of hydrogen-bond acceptors (Lipinski definition) is 5. The maximum absolute atomic E-state index is 4.03. The minimum atomic E-state index is 0.564. The molecule has 0 aromatic carbocycles. The fourth-order valence-corrected chi connectivity index (χ4v) is 1.84. The minimum absolute atomic E-state index is 0.564. The molecule has 0 aliphatic carbocycles. The maximum Gasteiger partial charge on any atom is 0.209 e. The molecule has 1 atom stereocenters. The molecule has 1 aromatic rings. The van der Waals surface area contributed by atoms with Crippen LogP contribution in [0.15, 0.2) is 5.16 Å². The van der Waals surface area contributed by atoms with Crippen LogP contribution < -0.4 is 0 Å². The third-order valence-electron chi connectivity index (χ3n) is 2.14. The van der Waals surface area contributed by atoms with Crippen molar-refractivity contribution in [2.75, 3.05) is 20.6 Å². The van der Waals surface area contributed by atoms with Gasteiger partial charge in [-0.25, -0.2) is 4.68 Å². The molecule has 1 aromatic heterocycles. The first-order valence-corrected chi connectivity index (χ1v) is 6.09. The van der Waals surface area contributed by atoms with Crippen LogP contribution in [-0.2, 0) is 6.54 Å². The highest BCUT2D eigenvalue weighted by atomic mass is 32.2. The third kappa shape index (κ3) is 4.17. The zero-order valence-electron chi connectivity index (χ0n) is 9.84. The van der Waals surface area contributed by atoms with Crippen LogP contribution in [0.2, 0.25) is 0 Å². The lowest BCUT2D eigenvalue weighted by atomic mass is 10.4. The van der Waals surface area contributed by atoms with Gasteiger partial charge in [0, 0.05) is 11.8 Å². The molecule has 0 N–H and O–H groups in total. The van der Waals surface area contributed by atoms with Gasteiger partial charge < -0.3 is 4.90 Å². The van der Waals surface area contributed by atoms with Gasteiger partial charge in [0.15, 0.2) is 0 Å². The van der Waals surface area contributed by atoms with E-state index in [9.17, 15) is 0 Å². The van der Waals surface area contributed by atoms with E-state index in [0.717, 1.165) is 24.7 Å². The topological polar surface area (TPSA) is 46.8 Å². The standard InChI is InChI=1S/C9H19N5S/c1-5-8(2)15-9-10-11-12-14(9)7-6-13(3)4/h8H,5-7H2,1-4H3/t8-/m1/s1. The summed E-state index contributed by atoms with van der Waals surface area (Å²) >= 11 is 1.74. The molecule has 0 saturated carbocycles. The van der Waals surface area contributed by atoms with E-state index in [1.54, 1.807) is 11.8 Å². The normalized spacial score (nSPS) is 13.4. The van der Waals surface area contributed by atoms with Crippen molar-refractivity contribution < 1.29 is 0 Å². The maximum atomic E-state index is 4.03. The molecule has 5 nitrogen and oxygen atoms in total. The van der Waals surface area contributed by atoms with Gasteiger partial charge in [-0.2, -0.15) is 0 Å². The van der Waals surface area contributed by atoms with E-state index in [1.807, 2.05) is 18.8 Å². The highest BCUT2D eigenvalue weighted by molar-refractivity contribution is 7.99. The van der Waals surface area contributed by atoms with E-state index < -0.39 is 0 Å². The van der Waals surface area contributed by atoms with E-state index in [2.05, 4.69) is 34.3 Å². The lowest BCUT2D eigenvalue weighted by molar-refractivity contribution is 0.361. The Kier molecular flexibility index (Phi) is 5.04. The van der Waals surface area contributed by atoms with Gasteiger partial charge >= 0.3 is 0 Å². The molecule has 6 heteroatoms. The molecule has 15 heavy (non-hydrogen) atoms. The number of thioether (sulfide) groups is 1. The SMILES string of the molecule is CC[C@@H](C)Sc1nnnn1CCN(C)C. The summed E-state index contributed by atoms with van der Waals surface area (Å²) in [6, 6.07) is 0. The van der Waals surface area contributed by atoms with Crippen LogP contribution in [0.3, 0.4) is 0 Å². The van der Waals surface area contributed by atoms with Crippen LogP contribution in [0, 0.1) is 0 Å². The second-order valence-electron chi connectivity index (χ2n) is 3.82. The summed E-state index contributed by atoms with van der Waals surface area (Å²) in [5.74, 6) is 0. The molecule has 86 valence electrons. The second kappa shape index (κ2) is 6.07. The lowest BCUT2D eigenvalue weighted by Crippen LogP contribution is -2.19. The summed E-state index contributed by atoms with van der Waals surface area (Å²) in [4.78, 5) is 2.12. The molecule has 0 saturated heterocycles. The van der Waals surface area contributed by atoms with Crippen molar-refractivity contribution in [2.24, 2.45) is 0 Å². The Balaban J connectivity index is 2.53. The molecule has 0 amide bonds. The van der Waals surface area contributed by atoms with E-state index in [-0.39, 0.29) is 0 Å². The number of hydrogen-bond donors (Lipinski definition) is 0. The van der Waals surface area contributed by atoms with Crippen molar-refractivity contribution in [1.82, 2.24) is 25.1 Å². The van der Waals surface area contributed by atoms with Crippen molar-refractivity contribution in [1.29, 1.82) is 0 Å². The molecule has 1 rings (SSSR count). The van der Waals surface area contributed by atoms with Crippen LogP contribution in [0.4, 0.5) is 0 Å². The monoisotopic (exact) mass is 229 g/mol.